The van der Waals surface area contributed by atoms with E-state index in [0.717, 1.165) is 5.82 Å². The van der Waals surface area contributed by atoms with E-state index in [0.29, 0.717) is 29.5 Å². The van der Waals surface area contributed by atoms with Gasteiger partial charge in [-0.1, -0.05) is 61.2 Å². The van der Waals surface area contributed by atoms with Crippen LogP contribution in [-0.4, -0.2) is 30.1 Å². The van der Waals surface area contributed by atoms with Crippen LogP contribution in [0.1, 0.15) is 66.4 Å². The fourth-order valence-corrected chi connectivity index (χ4v) is 5.31. The highest BCUT2D eigenvalue weighted by Crippen LogP contribution is 2.32. The molecule has 1 aromatic heterocycles. The Kier molecular flexibility index (Phi) is 6.83. The predicted octanol–water partition coefficient (Wildman–Crippen LogP) is 4.27. The maximum absolute atomic E-state index is 12.6. The molecule has 0 bridgehead atoms. The number of rotatable bonds is 8. The molecule has 7 heteroatoms. The van der Waals surface area contributed by atoms with Gasteiger partial charge < -0.3 is 0 Å². The minimum absolute atomic E-state index is 0.258. The third-order valence-corrected chi connectivity index (χ3v) is 7.42. The topological polar surface area (TPSA) is 87.7 Å². The van der Waals surface area contributed by atoms with Crippen LogP contribution in [0.3, 0.4) is 0 Å². The molecule has 3 aromatic rings. The zero-order valence-electron chi connectivity index (χ0n) is 18.0. The molecule has 1 aliphatic carbocycles. The van der Waals surface area contributed by atoms with Crippen molar-refractivity contribution in [2.24, 2.45) is 0 Å². The van der Waals surface area contributed by atoms with Crippen LogP contribution in [0.15, 0.2) is 53.4 Å². The molecular weight excluding hydrogens is 408 g/mol. The fraction of sp³-hybridized carbons (Fsp3) is 0.417. The SMILES string of the molecule is Cc1cccc(Cc2nc(CCNS(=O)(=O)c3ccc(C4CCCCC4)cc3)n[nH]2)c1. The Balaban J connectivity index is 1.30. The van der Waals surface area contributed by atoms with E-state index < -0.39 is 10.0 Å². The lowest BCUT2D eigenvalue weighted by molar-refractivity contribution is 0.443. The number of nitrogens with zero attached hydrogens (tertiary/aromatic N) is 2. The van der Waals surface area contributed by atoms with Gasteiger partial charge in [-0.25, -0.2) is 18.1 Å². The van der Waals surface area contributed by atoms with Crippen LogP contribution in [-0.2, 0) is 22.9 Å². The molecule has 1 fully saturated rings. The molecule has 0 aliphatic heterocycles. The number of aromatic nitrogens is 3. The van der Waals surface area contributed by atoms with Gasteiger partial charge >= 0.3 is 0 Å². The van der Waals surface area contributed by atoms with Gasteiger partial charge in [0, 0.05) is 19.4 Å². The summed E-state index contributed by atoms with van der Waals surface area (Å²) in [4.78, 5) is 4.80. The molecule has 0 radical (unpaired) electrons. The third-order valence-electron chi connectivity index (χ3n) is 5.94. The van der Waals surface area contributed by atoms with Crippen LogP contribution in [0.5, 0.6) is 0 Å². The van der Waals surface area contributed by atoms with Crippen molar-refractivity contribution in [2.45, 2.75) is 62.7 Å². The highest BCUT2D eigenvalue weighted by Gasteiger charge is 2.18. The Morgan fingerprint density at radius 1 is 1.06 bits per heavy atom. The number of aromatic amines is 1. The molecule has 2 N–H and O–H groups in total. The first kappa shape index (κ1) is 21.7. The summed E-state index contributed by atoms with van der Waals surface area (Å²) in [5.74, 6) is 1.96. The van der Waals surface area contributed by atoms with Crippen LogP contribution >= 0.6 is 0 Å². The maximum atomic E-state index is 12.6. The molecule has 164 valence electrons. The van der Waals surface area contributed by atoms with Gasteiger partial charge in [0.1, 0.15) is 5.82 Å². The second-order valence-corrected chi connectivity index (χ2v) is 10.2. The lowest BCUT2D eigenvalue weighted by atomic mass is 9.84. The van der Waals surface area contributed by atoms with Crippen LogP contribution < -0.4 is 4.72 Å². The normalized spacial score (nSPS) is 15.3. The van der Waals surface area contributed by atoms with E-state index in [1.54, 1.807) is 12.1 Å². The number of H-pyrrole nitrogens is 1. The number of sulfonamides is 1. The van der Waals surface area contributed by atoms with E-state index in [1.165, 1.54) is 48.8 Å². The van der Waals surface area contributed by atoms with Gasteiger partial charge in [0.25, 0.3) is 0 Å². The van der Waals surface area contributed by atoms with Gasteiger partial charge in [0.05, 0.1) is 4.90 Å². The molecule has 0 amide bonds. The average molecular weight is 439 g/mol. The zero-order valence-corrected chi connectivity index (χ0v) is 18.8. The summed E-state index contributed by atoms with van der Waals surface area (Å²) in [5.41, 5.74) is 3.62. The number of aryl methyl sites for hydroxylation is 1. The van der Waals surface area contributed by atoms with Crippen LogP contribution in [0, 0.1) is 6.92 Å². The van der Waals surface area contributed by atoms with Crippen molar-refractivity contribution < 1.29 is 8.42 Å². The van der Waals surface area contributed by atoms with Gasteiger partial charge in [0.15, 0.2) is 5.82 Å². The molecule has 6 nitrogen and oxygen atoms in total. The monoisotopic (exact) mass is 438 g/mol. The maximum Gasteiger partial charge on any atom is 0.240 e. The van der Waals surface area contributed by atoms with Crippen molar-refractivity contribution >= 4 is 10.0 Å². The van der Waals surface area contributed by atoms with Crippen LogP contribution in [0.2, 0.25) is 0 Å². The van der Waals surface area contributed by atoms with Crippen LogP contribution in [0.25, 0.3) is 0 Å². The summed E-state index contributed by atoms with van der Waals surface area (Å²) in [6.07, 6.45) is 7.35. The fourth-order valence-electron chi connectivity index (χ4n) is 4.28. The Hall–Kier alpha value is -2.51. The van der Waals surface area contributed by atoms with Crippen molar-refractivity contribution in [3.8, 4) is 0 Å². The van der Waals surface area contributed by atoms with Gasteiger partial charge in [-0.05, 0) is 48.9 Å². The lowest BCUT2D eigenvalue weighted by Crippen LogP contribution is -2.26. The largest absolute Gasteiger partial charge is 0.263 e. The van der Waals surface area contributed by atoms with Crippen molar-refractivity contribution in [2.75, 3.05) is 6.54 Å². The number of hydrogen-bond donors (Lipinski definition) is 2. The molecule has 1 heterocycles. The minimum Gasteiger partial charge on any atom is -0.263 e. The second-order valence-electron chi connectivity index (χ2n) is 8.42. The summed E-state index contributed by atoms with van der Waals surface area (Å²) < 4.78 is 27.9. The van der Waals surface area contributed by atoms with Gasteiger partial charge in [-0.15, -0.1) is 0 Å². The zero-order chi connectivity index (χ0) is 21.7. The highest BCUT2D eigenvalue weighted by atomic mass is 32.2. The van der Waals surface area contributed by atoms with Gasteiger partial charge in [-0.3, -0.25) is 5.10 Å². The predicted molar refractivity (Wildman–Crippen MR) is 122 cm³/mol. The summed E-state index contributed by atoms with van der Waals surface area (Å²) in [5, 5.41) is 7.17. The van der Waals surface area contributed by atoms with E-state index >= 15 is 0 Å². The van der Waals surface area contributed by atoms with Crippen LogP contribution in [0.4, 0.5) is 0 Å². The lowest BCUT2D eigenvalue weighted by Gasteiger charge is -2.22. The van der Waals surface area contributed by atoms with Crippen molar-refractivity contribution in [1.82, 2.24) is 19.9 Å². The molecule has 0 unspecified atom stereocenters. The molecular formula is C24H30N4O2S. The van der Waals surface area contributed by atoms with E-state index in [9.17, 15) is 8.42 Å². The summed E-state index contributed by atoms with van der Waals surface area (Å²) in [7, 11) is -3.54. The standard InChI is InChI=1S/C24H30N4O2S/c1-18-6-5-7-19(16-18)17-24-26-23(27-28-24)14-15-25-31(29,30)22-12-10-21(11-13-22)20-8-3-2-4-9-20/h5-7,10-13,16,20,25H,2-4,8-9,14-15,17H2,1H3,(H,26,27,28). The molecule has 2 aromatic carbocycles. The number of nitrogens with one attached hydrogen (secondary N) is 2. The van der Waals surface area contributed by atoms with E-state index in [2.05, 4.69) is 45.0 Å². The van der Waals surface area contributed by atoms with E-state index in [-0.39, 0.29) is 6.54 Å². The minimum atomic E-state index is -3.54. The second kappa shape index (κ2) is 9.75. The average Bonchev–Trinajstić information content (AvgIpc) is 3.21. The Labute approximate surface area is 184 Å². The Morgan fingerprint density at radius 2 is 1.84 bits per heavy atom. The summed E-state index contributed by atoms with van der Waals surface area (Å²) in [6.45, 7) is 2.32. The molecule has 31 heavy (non-hydrogen) atoms. The molecule has 1 aliphatic rings. The first-order valence-corrected chi connectivity index (χ1v) is 12.5. The first-order valence-electron chi connectivity index (χ1n) is 11.0. The Bertz CT molecular complexity index is 1100. The molecule has 4 rings (SSSR count). The van der Waals surface area contributed by atoms with E-state index in [1.807, 2.05) is 18.2 Å². The molecule has 0 saturated heterocycles. The number of hydrogen-bond acceptors (Lipinski definition) is 4. The quantitative estimate of drug-likeness (QED) is 0.550. The summed E-state index contributed by atoms with van der Waals surface area (Å²) >= 11 is 0. The smallest absolute Gasteiger partial charge is 0.240 e. The van der Waals surface area contributed by atoms with Crippen molar-refractivity contribution in [3.05, 3.63) is 76.9 Å². The Morgan fingerprint density at radius 3 is 2.58 bits per heavy atom. The third kappa shape index (κ3) is 5.80. The first-order chi connectivity index (χ1) is 15.0. The molecule has 0 spiro atoms. The molecule has 0 atom stereocenters. The van der Waals surface area contributed by atoms with Gasteiger partial charge in [0.2, 0.25) is 10.0 Å². The summed E-state index contributed by atoms with van der Waals surface area (Å²) in [6, 6.07) is 15.6. The molecule has 1 saturated carbocycles. The van der Waals surface area contributed by atoms with Crippen molar-refractivity contribution in [3.63, 3.8) is 0 Å². The van der Waals surface area contributed by atoms with E-state index in [4.69, 9.17) is 0 Å². The number of benzene rings is 2. The highest BCUT2D eigenvalue weighted by molar-refractivity contribution is 7.89. The van der Waals surface area contributed by atoms with Crippen molar-refractivity contribution in [1.29, 1.82) is 0 Å². The van der Waals surface area contributed by atoms with Gasteiger partial charge in [-0.2, -0.15) is 5.10 Å².